The Morgan fingerprint density at radius 3 is 2.65 bits per heavy atom. The fourth-order valence-corrected chi connectivity index (χ4v) is 2.61. The lowest BCUT2D eigenvalue weighted by Gasteiger charge is -2.09. The van der Waals surface area contributed by atoms with Crippen LogP contribution in [-0.4, -0.2) is 26.9 Å². The largest absolute Gasteiger partial charge is 0.398 e. The van der Waals surface area contributed by atoms with E-state index >= 15 is 0 Å². The van der Waals surface area contributed by atoms with Crippen LogP contribution in [0.1, 0.15) is 18.4 Å². The van der Waals surface area contributed by atoms with Crippen molar-refractivity contribution in [3.8, 4) is 0 Å². The van der Waals surface area contributed by atoms with Crippen LogP contribution in [0.2, 0.25) is 0 Å². The Morgan fingerprint density at radius 1 is 1.45 bits per heavy atom. The Hall–Kier alpha value is -1.67. The second-order valence-corrected chi connectivity index (χ2v) is 6.55. The number of nitrogens with two attached hydrogens (primary N) is 1. The number of anilines is 1. The first-order valence-electron chi connectivity index (χ1n) is 6.14. The van der Waals surface area contributed by atoms with Crippen molar-refractivity contribution in [3.63, 3.8) is 0 Å². The molecule has 0 aliphatic heterocycles. The second kappa shape index (κ2) is 5.37. The van der Waals surface area contributed by atoms with Crippen molar-refractivity contribution in [2.24, 2.45) is 0 Å². The van der Waals surface area contributed by atoms with Crippen LogP contribution in [0.15, 0.2) is 17.0 Å². The maximum atomic E-state index is 13.5. The number of nitrogens with one attached hydrogen (secondary N) is 2. The summed E-state index contributed by atoms with van der Waals surface area (Å²) >= 11 is 0. The molecule has 1 fully saturated rings. The Kier molecular flexibility index (Phi) is 3.96. The first kappa shape index (κ1) is 14.7. The monoisotopic (exact) mass is 301 g/mol. The zero-order chi connectivity index (χ0) is 14.9. The summed E-state index contributed by atoms with van der Waals surface area (Å²) in [6.45, 7) is 1.08. The number of nitrogen functional groups attached to an aromatic ring is 1. The SMILES string of the molecule is Cc1c(N)cc(S(=O)(=O)NCC(=O)NC2CC2)cc1F. The first-order chi connectivity index (χ1) is 9.29. The smallest absolute Gasteiger partial charge is 0.241 e. The third kappa shape index (κ3) is 3.45. The number of halogens is 1. The summed E-state index contributed by atoms with van der Waals surface area (Å²) in [5, 5.41) is 2.65. The van der Waals surface area contributed by atoms with Crippen molar-refractivity contribution in [1.29, 1.82) is 0 Å². The quantitative estimate of drug-likeness (QED) is 0.680. The lowest BCUT2D eigenvalue weighted by atomic mass is 10.2. The molecule has 0 bridgehead atoms. The van der Waals surface area contributed by atoms with Gasteiger partial charge in [0.25, 0.3) is 0 Å². The van der Waals surface area contributed by atoms with E-state index < -0.39 is 21.7 Å². The van der Waals surface area contributed by atoms with Crippen molar-refractivity contribution in [2.75, 3.05) is 12.3 Å². The molecular formula is C12H16FN3O3S. The molecule has 6 nitrogen and oxygen atoms in total. The Balaban J connectivity index is 2.07. The fraction of sp³-hybridized carbons (Fsp3) is 0.417. The molecule has 1 aromatic rings. The highest BCUT2D eigenvalue weighted by atomic mass is 32.2. The number of hydrogen-bond donors (Lipinski definition) is 3. The normalized spacial score (nSPS) is 15.1. The van der Waals surface area contributed by atoms with Gasteiger partial charge in [-0.15, -0.1) is 0 Å². The van der Waals surface area contributed by atoms with Crippen LogP contribution in [-0.2, 0) is 14.8 Å². The van der Waals surface area contributed by atoms with Crippen molar-refractivity contribution >= 4 is 21.6 Å². The maximum Gasteiger partial charge on any atom is 0.241 e. The zero-order valence-corrected chi connectivity index (χ0v) is 11.8. The van der Waals surface area contributed by atoms with Gasteiger partial charge in [-0.3, -0.25) is 4.79 Å². The van der Waals surface area contributed by atoms with E-state index in [-0.39, 0.29) is 28.7 Å². The lowest BCUT2D eigenvalue weighted by molar-refractivity contribution is -0.120. The molecule has 0 atom stereocenters. The minimum Gasteiger partial charge on any atom is -0.398 e. The fourth-order valence-electron chi connectivity index (χ4n) is 1.58. The minimum absolute atomic E-state index is 0.0489. The van der Waals surface area contributed by atoms with Gasteiger partial charge in [0, 0.05) is 17.3 Å². The average molecular weight is 301 g/mol. The van der Waals surface area contributed by atoms with E-state index in [0.717, 1.165) is 18.9 Å². The third-order valence-electron chi connectivity index (χ3n) is 3.03. The molecule has 1 saturated carbocycles. The molecule has 0 spiro atoms. The number of hydrogen-bond acceptors (Lipinski definition) is 4. The number of amides is 1. The summed E-state index contributed by atoms with van der Waals surface area (Å²) in [6, 6.07) is 2.20. The molecule has 1 aliphatic rings. The molecule has 1 aliphatic carbocycles. The van der Waals surface area contributed by atoms with Gasteiger partial charge in [-0.1, -0.05) is 0 Å². The van der Waals surface area contributed by atoms with E-state index in [1.165, 1.54) is 13.0 Å². The summed E-state index contributed by atoms with van der Waals surface area (Å²) in [7, 11) is -3.96. The highest BCUT2D eigenvalue weighted by Crippen LogP contribution is 2.21. The summed E-state index contributed by atoms with van der Waals surface area (Å²) in [5.74, 6) is -1.11. The van der Waals surface area contributed by atoms with Gasteiger partial charge in [-0.25, -0.2) is 17.5 Å². The van der Waals surface area contributed by atoms with Gasteiger partial charge >= 0.3 is 0 Å². The first-order valence-corrected chi connectivity index (χ1v) is 7.62. The van der Waals surface area contributed by atoms with E-state index in [9.17, 15) is 17.6 Å². The lowest BCUT2D eigenvalue weighted by Crippen LogP contribution is -2.37. The highest BCUT2D eigenvalue weighted by molar-refractivity contribution is 7.89. The molecule has 0 saturated heterocycles. The van der Waals surface area contributed by atoms with Crippen LogP contribution < -0.4 is 15.8 Å². The number of benzene rings is 1. The highest BCUT2D eigenvalue weighted by Gasteiger charge is 2.24. The van der Waals surface area contributed by atoms with E-state index in [2.05, 4.69) is 10.0 Å². The molecular weight excluding hydrogens is 285 g/mol. The van der Waals surface area contributed by atoms with Gasteiger partial charge in [0.2, 0.25) is 15.9 Å². The van der Waals surface area contributed by atoms with Gasteiger partial charge < -0.3 is 11.1 Å². The van der Waals surface area contributed by atoms with Crippen LogP contribution in [0.4, 0.5) is 10.1 Å². The van der Waals surface area contributed by atoms with E-state index in [0.29, 0.717) is 0 Å². The summed E-state index contributed by atoms with van der Waals surface area (Å²) in [5.41, 5.74) is 5.78. The molecule has 2 rings (SSSR count). The molecule has 0 aromatic heterocycles. The minimum atomic E-state index is -3.96. The van der Waals surface area contributed by atoms with E-state index in [4.69, 9.17) is 5.73 Å². The van der Waals surface area contributed by atoms with Crippen molar-refractivity contribution in [3.05, 3.63) is 23.5 Å². The molecule has 0 heterocycles. The molecule has 1 amide bonds. The Labute approximate surface area is 116 Å². The number of sulfonamides is 1. The second-order valence-electron chi connectivity index (χ2n) is 4.79. The summed E-state index contributed by atoms with van der Waals surface area (Å²) in [6.07, 6.45) is 1.83. The average Bonchev–Trinajstić information content (AvgIpc) is 3.17. The topological polar surface area (TPSA) is 101 Å². The van der Waals surface area contributed by atoms with Gasteiger partial charge in [-0.05, 0) is 31.9 Å². The van der Waals surface area contributed by atoms with Gasteiger partial charge in [0.05, 0.1) is 11.4 Å². The van der Waals surface area contributed by atoms with Crippen molar-refractivity contribution in [1.82, 2.24) is 10.0 Å². The number of carbonyl (C=O) groups is 1. The molecule has 110 valence electrons. The van der Waals surface area contributed by atoms with Crippen LogP contribution in [0.3, 0.4) is 0 Å². The van der Waals surface area contributed by atoms with E-state index in [1.807, 2.05) is 0 Å². The standard InChI is InChI=1S/C12H16FN3O3S/c1-7-10(13)4-9(5-11(7)14)20(18,19)15-6-12(17)16-8-2-3-8/h4-5,8,15H,2-3,6,14H2,1H3,(H,16,17). The molecule has 0 radical (unpaired) electrons. The van der Waals surface area contributed by atoms with Crippen molar-refractivity contribution in [2.45, 2.75) is 30.7 Å². The summed E-state index contributed by atoms with van der Waals surface area (Å²) in [4.78, 5) is 11.1. The maximum absolute atomic E-state index is 13.5. The zero-order valence-electron chi connectivity index (χ0n) is 10.9. The molecule has 1 aromatic carbocycles. The summed E-state index contributed by atoms with van der Waals surface area (Å²) < 4.78 is 39.5. The number of carbonyl (C=O) groups excluding carboxylic acids is 1. The van der Waals surface area contributed by atoms with Crippen molar-refractivity contribution < 1.29 is 17.6 Å². The van der Waals surface area contributed by atoms with Crippen LogP contribution in [0, 0.1) is 12.7 Å². The van der Waals surface area contributed by atoms with Gasteiger partial charge in [0.15, 0.2) is 0 Å². The van der Waals surface area contributed by atoms with Crippen LogP contribution in [0.25, 0.3) is 0 Å². The van der Waals surface area contributed by atoms with Crippen LogP contribution >= 0.6 is 0 Å². The Morgan fingerprint density at radius 2 is 2.10 bits per heavy atom. The molecule has 20 heavy (non-hydrogen) atoms. The van der Waals surface area contributed by atoms with Crippen LogP contribution in [0.5, 0.6) is 0 Å². The Bertz CT molecular complexity index is 618. The number of rotatable bonds is 5. The van der Waals surface area contributed by atoms with E-state index in [1.54, 1.807) is 0 Å². The molecule has 0 unspecified atom stereocenters. The predicted octanol–water partition coefficient (Wildman–Crippen LogP) is 0.273. The third-order valence-corrected chi connectivity index (χ3v) is 4.41. The predicted molar refractivity (Wildman–Crippen MR) is 71.9 cm³/mol. The molecule has 4 N–H and O–H groups in total. The molecule has 8 heteroatoms. The van der Waals surface area contributed by atoms with Gasteiger partial charge in [0.1, 0.15) is 5.82 Å². The van der Waals surface area contributed by atoms with Gasteiger partial charge in [-0.2, -0.15) is 0 Å².